The molecule has 31 heavy (non-hydrogen) atoms. The third kappa shape index (κ3) is 4.67. The molecule has 1 fully saturated rings. The predicted octanol–water partition coefficient (Wildman–Crippen LogP) is 4.17. The maximum atomic E-state index is 14.1. The molecular formula is C23H25F2N5O. The first-order chi connectivity index (χ1) is 14.9. The van der Waals surface area contributed by atoms with Gasteiger partial charge in [-0.05, 0) is 68.2 Å². The zero-order valence-corrected chi connectivity index (χ0v) is 17.4. The van der Waals surface area contributed by atoms with Crippen molar-refractivity contribution < 1.29 is 13.9 Å². The summed E-state index contributed by atoms with van der Waals surface area (Å²) in [4.78, 5) is 8.67. The Morgan fingerprint density at radius 3 is 2.74 bits per heavy atom. The Bertz CT molecular complexity index is 1050. The number of nitrogens with one attached hydrogen (secondary N) is 2. The third-order valence-corrected chi connectivity index (χ3v) is 6.05. The Hall–Kier alpha value is -3.05. The van der Waals surface area contributed by atoms with Gasteiger partial charge in [-0.3, -0.25) is 0 Å². The van der Waals surface area contributed by atoms with Crippen molar-refractivity contribution in [3.8, 4) is 6.07 Å². The number of rotatable bonds is 6. The number of aromatic nitrogens is 2. The first kappa shape index (κ1) is 21.2. The summed E-state index contributed by atoms with van der Waals surface area (Å²) in [5, 5.41) is 25.5. The second-order valence-electron chi connectivity index (χ2n) is 8.24. The highest BCUT2D eigenvalue weighted by Gasteiger charge is 2.23. The first-order valence-corrected chi connectivity index (χ1v) is 10.6. The number of benzene rings is 1. The molecule has 1 aromatic carbocycles. The molecule has 3 N–H and O–H groups in total. The molecule has 6 nitrogen and oxygen atoms in total. The summed E-state index contributed by atoms with van der Waals surface area (Å²) in [7, 11) is 0. The fraction of sp³-hybridized carbons (Fsp3) is 0.435. The Labute approximate surface area is 180 Å². The van der Waals surface area contributed by atoms with Crippen LogP contribution in [0.15, 0.2) is 23.9 Å². The van der Waals surface area contributed by atoms with Crippen molar-refractivity contribution >= 4 is 17.3 Å². The Morgan fingerprint density at radius 1 is 1.23 bits per heavy atom. The van der Waals surface area contributed by atoms with Gasteiger partial charge < -0.3 is 15.7 Å². The smallest absolute Gasteiger partial charge is 0.224 e. The van der Waals surface area contributed by atoms with Gasteiger partial charge in [0.2, 0.25) is 5.95 Å². The van der Waals surface area contributed by atoms with Crippen LogP contribution in [0.4, 0.5) is 20.5 Å². The van der Waals surface area contributed by atoms with Gasteiger partial charge in [0.1, 0.15) is 29.1 Å². The maximum Gasteiger partial charge on any atom is 0.224 e. The summed E-state index contributed by atoms with van der Waals surface area (Å²) >= 11 is 0. The van der Waals surface area contributed by atoms with Gasteiger partial charge in [-0.1, -0.05) is 5.57 Å². The van der Waals surface area contributed by atoms with Crippen LogP contribution in [0.5, 0.6) is 0 Å². The van der Waals surface area contributed by atoms with Crippen molar-refractivity contribution in [2.45, 2.75) is 57.6 Å². The van der Waals surface area contributed by atoms with E-state index in [1.54, 1.807) is 0 Å². The lowest BCUT2D eigenvalue weighted by Crippen LogP contribution is -2.29. The van der Waals surface area contributed by atoms with Crippen LogP contribution < -0.4 is 10.6 Å². The van der Waals surface area contributed by atoms with E-state index in [0.717, 1.165) is 42.9 Å². The lowest BCUT2D eigenvalue weighted by atomic mass is 9.93. The molecule has 0 bridgehead atoms. The van der Waals surface area contributed by atoms with Crippen molar-refractivity contribution in [1.29, 1.82) is 5.26 Å². The van der Waals surface area contributed by atoms with E-state index in [1.165, 1.54) is 12.3 Å². The van der Waals surface area contributed by atoms with Crippen LogP contribution in [0.3, 0.4) is 0 Å². The summed E-state index contributed by atoms with van der Waals surface area (Å²) in [6, 6.07) is 4.59. The zero-order chi connectivity index (χ0) is 22.0. The third-order valence-electron chi connectivity index (χ3n) is 6.05. The molecule has 2 aromatic rings. The van der Waals surface area contributed by atoms with Gasteiger partial charge in [-0.15, -0.1) is 0 Å². The second-order valence-corrected chi connectivity index (χ2v) is 8.24. The zero-order valence-electron chi connectivity index (χ0n) is 17.4. The van der Waals surface area contributed by atoms with Crippen molar-refractivity contribution in [3.05, 3.63) is 52.2 Å². The monoisotopic (exact) mass is 425 g/mol. The highest BCUT2D eigenvalue weighted by molar-refractivity contribution is 5.76. The standard InChI is InChI=1S/C23H25F2N5O/c1-13-8-20-19(9-15(24)10-21(20)25)18(13)6-7-27-23-28-12-14(11-26)22(30-23)29-16-2-4-17(31)5-3-16/h9-10,12,16-17,31H,2-8H2,1H3,(H2,27,28,29,30). The molecule has 8 heteroatoms. The minimum atomic E-state index is -0.571. The summed E-state index contributed by atoms with van der Waals surface area (Å²) in [6.45, 7) is 2.43. The maximum absolute atomic E-state index is 14.1. The average molecular weight is 425 g/mol. The van der Waals surface area contributed by atoms with Gasteiger partial charge in [-0.25, -0.2) is 13.8 Å². The highest BCUT2D eigenvalue weighted by Crippen LogP contribution is 2.36. The van der Waals surface area contributed by atoms with Crippen LogP contribution in [-0.2, 0) is 6.42 Å². The van der Waals surface area contributed by atoms with E-state index in [4.69, 9.17) is 0 Å². The van der Waals surface area contributed by atoms with Gasteiger partial charge >= 0.3 is 0 Å². The topological polar surface area (TPSA) is 93.9 Å². The normalized spacial score (nSPS) is 20.4. The van der Waals surface area contributed by atoms with Crippen LogP contribution >= 0.6 is 0 Å². The van der Waals surface area contributed by atoms with E-state index < -0.39 is 11.6 Å². The molecule has 0 saturated heterocycles. The number of hydrogen-bond donors (Lipinski definition) is 3. The van der Waals surface area contributed by atoms with Gasteiger partial charge in [-0.2, -0.15) is 10.2 Å². The van der Waals surface area contributed by atoms with Crippen LogP contribution in [-0.4, -0.2) is 33.8 Å². The molecule has 1 saturated carbocycles. The van der Waals surface area contributed by atoms with E-state index in [9.17, 15) is 19.1 Å². The first-order valence-electron chi connectivity index (χ1n) is 10.6. The van der Waals surface area contributed by atoms with Crippen LogP contribution in [0.25, 0.3) is 5.57 Å². The second kappa shape index (κ2) is 8.98. The quantitative estimate of drug-likeness (QED) is 0.643. The fourth-order valence-electron chi connectivity index (χ4n) is 4.37. The van der Waals surface area contributed by atoms with E-state index in [2.05, 4.69) is 26.7 Å². The number of anilines is 2. The summed E-state index contributed by atoms with van der Waals surface area (Å²) in [6.07, 6.45) is 5.40. The number of nitriles is 1. The number of nitrogens with zero attached hydrogens (tertiary/aromatic N) is 3. The Kier molecular flexibility index (Phi) is 6.14. The fourth-order valence-corrected chi connectivity index (χ4v) is 4.37. The van der Waals surface area contributed by atoms with Crippen LogP contribution in [0, 0.1) is 23.0 Å². The Morgan fingerprint density at radius 2 is 2.00 bits per heavy atom. The number of halogens is 2. The van der Waals surface area contributed by atoms with Crippen molar-refractivity contribution in [3.63, 3.8) is 0 Å². The van der Waals surface area contributed by atoms with Crippen molar-refractivity contribution in [2.24, 2.45) is 0 Å². The van der Waals surface area contributed by atoms with Gasteiger partial charge in [0.25, 0.3) is 0 Å². The average Bonchev–Trinajstić information content (AvgIpc) is 3.06. The van der Waals surface area contributed by atoms with Gasteiger partial charge in [0.05, 0.1) is 12.3 Å². The summed E-state index contributed by atoms with van der Waals surface area (Å²) in [5.41, 5.74) is 3.52. The number of allylic oxidation sites excluding steroid dienone is 1. The molecule has 0 spiro atoms. The summed E-state index contributed by atoms with van der Waals surface area (Å²) < 4.78 is 27.8. The molecule has 162 valence electrons. The molecule has 0 aliphatic heterocycles. The van der Waals surface area contributed by atoms with Crippen molar-refractivity contribution in [2.75, 3.05) is 17.2 Å². The molecule has 2 aliphatic carbocycles. The molecule has 0 unspecified atom stereocenters. The van der Waals surface area contributed by atoms with Gasteiger partial charge in [0.15, 0.2) is 0 Å². The number of fused-ring (bicyclic) bond motifs is 1. The number of aliphatic hydroxyl groups is 1. The molecule has 0 atom stereocenters. The molecule has 0 amide bonds. The van der Waals surface area contributed by atoms with Crippen molar-refractivity contribution in [1.82, 2.24) is 9.97 Å². The Balaban J connectivity index is 1.42. The van der Waals surface area contributed by atoms with E-state index in [0.29, 0.717) is 47.8 Å². The molecular weight excluding hydrogens is 400 g/mol. The minimum Gasteiger partial charge on any atom is -0.393 e. The minimum absolute atomic E-state index is 0.158. The molecule has 2 aliphatic rings. The predicted molar refractivity (Wildman–Crippen MR) is 114 cm³/mol. The van der Waals surface area contributed by atoms with E-state index in [-0.39, 0.29) is 12.1 Å². The number of aliphatic hydroxyl groups excluding tert-OH is 1. The van der Waals surface area contributed by atoms with E-state index in [1.807, 2.05) is 6.92 Å². The van der Waals surface area contributed by atoms with Crippen LogP contribution in [0.2, 0.25) is 0 Å². The van der Waals surface area contributed by atoms with E-state index >= 15 is 0 Å². The lowest BCUT2D eigenvalue weighted by molar-refractivity contribution is 0.126. The summed E-state index contributed by atoms with van der Waals surface area (Å²) in [5.74, 6) is -0.206. The molecule has 1 heterocycles. The SMILES string of the molecule is CC1=C(CCNc2ncc(C#N)c(NC3CCC(O)CC3)n2)c2cc(F)cc(F)c2C1. The highest BCUT2D eigenvalue weighted by atomic mass is 19.1. The van der Waals surface area contributed by atoms with Gasteiger partial charge in [0, 0.05) is 18.7 Å². The largest absolute Gasteiger partial charge is 0.393 e. The van der Waals surface area contributed by atoms with Crippen LogP contribution in [0.1, 0.15) is 55.7 Å². The molecule has 1 aromatic heterocycles. The molecule has 4 rings (SSSR count). The molecule has 0 radical (unpaired) electrons. The lowest BCUT2D eigenvalue weighted by Gasteiger charge is -2.26. The number of hydrogen-bond acceptors (Lipinski definition) is 6.